The standard InChI is InChI=1S/C20H19F3IN3O2/c1-29-7-6-25-9-12-10-27(11-12)20(28)14-3-4-15(21)18(23)19(14)26-17-5-2-13(24)8-16(17)22/h2-5,8,10-11,25-26,28H,6-7,9H2,1H3. The minimum absolute atomic E-state index is 0.000687. The number of nitrogens with zero attached hydrogens (tertiary/aromatic N) is 1. The molecule has 1 heterocycles. The van der Waals surface area contributed by atoms with Crippen molar-refractivity contribution in [3.05, 3.63) is 75.2 Å². The van der Waals surface area contributed by atoms with Gasteiger partial charge >= 0.3 is 0 Å². The van der Waals surface area contributed by atoms with Gasteiger partial charge in [0.25, 0.3) is 5.90 Å². The molecule has 0 aromatic heterocycles. The van der Waals surface area contributed by atoms with Gasteiger partial charge in [0, 0.05) is 29.3 Å². The van der Waals surface area contributed by atoms with Gasteiger partial charge in [-0.2, -0.15) is 0 Å². The molecule has 2 aromatic carbocycles. The molecule has 1 aliphatic rings. The minimum Gasteiger partial charge on any atom is -0.502 e. The minimum atomic E-state index is -1.21. The van der Waals surface area contributed by atoms with E-state index in [0.29, 0.717) is 23.3 Å². The van der Waals surface area contributed by atoms with Crippen LogP contribution in [0.1, 0.15) is 5.56 Å². The number of aliphatic hydroxyl groups is 1. The summed E-state index contributed by atoms with van der Waals surface area (Å²) >= 11 is 1.94. The number of hydrogen-bond donors (Lipinski definition) is 3. The quantitative estimate of drug-likeness (QED) is 0.163. The number of methoxy groups -OCH3 is 1. The number of anilines is 2. The maximum absolute atomic E-state index is 14.5. The highest BCUT2D eigenvalue weighted by Crippen LogP contribution is 2.29. The summed E-state index contributed by atoms with van der Waals surface area (Å²) in [6.07, 6.45) is 1.66. The fourth-order valence-corrected chi connectivity index (χ4v) is 3.14. The predicted octanol–water partition coefficient (Wildman–Crippen LogP) is 4.06. The number of ether oxygens (including phenoxy) is 1. The molecule has 0 aliphatic carbocycles. The van der Waals surface area contributed by atoms with Gasteiger partial charge in [0.15, 0.2) is 11.6 Å². The van der Waals surface area contributed by atoms with Gasteiger partial charge in [0.2, 0.25) is 0 Å². The Bertz CT molecular complexity index is 980. The third-order valence-electron chi connectivity index (χ3n) is 4.19. The van der Waals surface area contributed by atoms with Crippen molar-refractivity contribution in [2.45, 2.75) is 0 Å². The van der Waals surface area contributed by atoms with Crippen molar-refractivity contribution < 1.29 is 27.6 Å². The van der Waals surface area contributed by atoms with Crippen molar-refractivity contribution in [3.8, 4) is 0 Å². The van der Waals surface area contributed by atoms with Gasteiger partial charge in [-0.3, -0.25) is 4.58 Å². The lowest BCUT2D eigenvalue weighted by atomic mass is 10.1. The molecule has 3 rings (SSSR count). The Labute approximate surface area is 180 Å². The first-order valence-electron chi connectivity index (χ1n) is 8.70. The summed E-state index contributed by atoms with van der Waals surface area (Å²) in [6, 6.07) is 6.45. The van der Waals surface area contributed by atoms with E-state index in [2.05, 4.69) is 10.6 Å². The maximum Gasteiger partial charge on any atom is 0.298 e. The molecule has 2 aromatic rings. The highest BCUT2D eigenvalue weighted by molar-refractivity contribution is 14.1. The van der Waals surface area contributed by atoms with E-state index in [4.69, 9.17) is 4.74 Å². The van der Waals surface area contributed by atoms with Gasteiger partial charge < -0.3 is 20.5 Å². The van der Waals surface area contributed by atoms with E-state index in [0.717, 1.165) is 11.6 Å². The largest absolute Gasteiger partial charge is 0.502 e. The second-order valence-electron chi connectivity index (χ2n) is 6.27. The molecule has 0 atom stereocenters. The molecule has 0 fully saturated rings. The third kappa shape index (κ3) is 5.03. The van der Waals surface area contributed by atoms with Gasteiger partial charge in [0.1, 0.15) is 18.6 Å². The first-order valence-corrected chi connectivity index (χ1v) is 9.78. The number of nitrogens with one attached hydrogen (secondary N) is 2. The molecule has 0 unspecified atom stereocenters. The topological polar surface area (TPSA) is 56.5 Å². The summed E-state index contributed by atoms with van der Waals surface area (Å²) in [4.78, 5) is 0. The Balaban J connectivity index is 1.86. The van der Waals surface area contributed by atoms with Crippen molar-refractivity contribution in [3.63, 3.8) is 0 Å². The highest BCUT2D eigenvalue weighted by atomic mass is 127. The van der Waals surface area contributed by atoms with Crippen molar-refractivity contribution in [2.24, 2.45) is 0 Å². The summed E-state index contributed by atoms with van der Waals surface area (Å²) in [6.45, 7) is 3.49. The van der Waals surface area contributed by atoms with Crippen LogP contribution in [0, 0.1) is 27.6 Å². The molecule has 1 aliphatic heterocycles. The SMILES string of the molecule is COCCNCC1=C[N+](=C(O)c2ccc(F)c(F)c2Nc2ccc(I)cc2F)[CH-]1. The third-order valence-corrected chi connectivity index (χ3v) is 4.86. The van der Waals surface area contributed by atoms with E-state index in [1.165, 1.54) is 22.8 Å². The van der Waals surface area contributed by atoms with Crippen molar-refractivity contribution in [2.75, 3.05) is 32.1 Å². The molecule has 154 valence electrons. The summed E-state index contributed by atoms with van der Waals surface area (Å²) in [5, 5.41) is 16.3. The lowest BCUT2D eigenvalue weighted by molar-refractivity contribution is -0.441. The molecular weight excluding hydrogens is 498 g/mol. The van der Waals surface area contributed by atoms with Crippen molar-refractivity contribution >= 4 is 39.9 Å². The molecule has 29 heavy (non-hydrogen) atoms. The van der Waals surface area contributed by atoms with Gasteiger partial charge in [-0.25, -0.2) is 13.2 Å². The number of halogens is 4. The van der Waals surface area contributed by atoms with Crippen LogP contribution in [0.5, 0.6) is 0 Å². The fourth-order valence-electron chi connectivity index (χ4n) is 2.69. The first kappa shape index (κ1) is 21.5. The molecule has 3 N–H and O–H groups in total. The molecule has 0 saturated heterocycles. The Morgan fingerprint density at radius 2 is 1.97 bits per heavy atom. The van der Waals surface area contributed by atoms with E-state index in [9.17, 15) is 18.3 Å². The van der Waals surface area contributed by atoms with Crippen molar-refractivity contribution in [1.82, 2.24) is 5.32 Å². The van der Waals surface area contributed by atoms with Crippen LogP contribution in [-0.2, 0) is 4.74 Å². The van der Waals surface area contributed by atoms with Crippen LogP contribution in [0.4, 0.5) is 24.5 Å². The molecule has 0 bridgehead atoms. The van der Waals surface area contributed by atoms with Gasteiger partial charge in [0.05, 0.1) is 23.5 Å². The maximum atomic E-state index is 14.5. The smallest absolute Gasteiger partial charge is 0.298 e. The Morgan fingerprint density at radius 1 is 1.21 bits per heavy atom. The van der Waals surface area contributed by atoms with Crippen LogP contribution in [-0.4, -0.2) is 42.4 Å². The highest BCUT2D eigenvalue weighted by Gasteiger charge is 2.24. The Kier molecular flexibility index (Phi) is 7.04. The van der Waals surface area contributed by atoms with Crippen LogP contribution < -0.4 is 10.6 Å². The van der Waals surface area contributed by atoms with E-state index >= 15 is 0 Å². The lowest BCUT2D eigenvalue weighted by Gasteiger charge is -2.21. The summed E-state index contributed by atoms with van der Waals surface area (Å²) in [7, 11) is 1.61. The van der Waals surface area contributed by atoms with E-state index in [-0.39, 0.29) is 22.8 Å². The molecule has 5 nitrogen and oxygen atoms in total. The van der Waals surface area contributed by atoms with Crippen molar-refractivity contribution in [1.29, 1.82) is 0 Å². The average molecular weight is 517 g/mol. The summed E-state index contributed by atoms with van der Waals surface area (Å²) in [5.74, 6) is -3.25. The first-order chi connectivity index (χ1) is 13.9. The molecule has 0 saturated carbocycles. The number of benzene rings is 2. The van der Waals surface area contributed by atoms with Gasteiger partial charge in [-0.1, -0.05) is 0 Å². The molecule has 0 spiro atoms. The predicted molar refractivity (Wildman–Crippen MR) is 113 cm³/mol. The van der Waals surface area contributed by atoms with E-state index in [1.807, 2.05) is 22.6 Å². The normalized spacial score (nSPS) is 14.7. The Morgan fingerprint density at radius 3 is 2.66 bits per heavy atom. The Hall–Kier alpha value is -2.24. The molecule has 0 amide bonds. The van der Waals surface area contributed by atoms with Crippen LogP contribution >= 0.6 is 22.6 Å². The van der Waals surface area contributed by atoms with Crippen LogP contribution in [0.25, 0.3) is 0 Å². The van der Waals surface area contributed by atoms with Gasteiger partial charge in [-0.15, -0.1) is 0 Å². The second-order valence-corrected chi connectivity index (χ2v) is 7.51. The van der Waals surface area contributed by atoms with E-state index in [1.54, 1.807) is 25.9 Å². The zero-order valence-corrected chi connectivity index (χ0v) is 17.6. The summed E-state index contributed by atoms with van der Waals surface area (Å²) < 4.78 is 49.4. The van der Waals surface area contributed by atoms with Crippen LogP contribution in [0.2, 0.25) is 0 Å². The van der Waals surface area contributed by atoms with Gasteiger partial charge in [-0.05, 0) is 52.9 Å². The molecule has 9 heteroatoms. The monoisotopic (exact) mass is 517 g/mol. The van der Waals surface area contributed by atoms with Crippen LogP contribution in [0.3, 0.4) is 0 Å². The summed E-state index contributed by atoms with van der Waals surface area (Å²) in [5.41, 5.74) is 0.528. The number of rotatable bonds is 8. The second kappa shape index (κ2) is 9.51. The zero-order valence-electron chi connectivity index (χ0n) is 15.5. The molecule has 0 radical (unpaired) electrons. The number of aliphatic hydroxyl groups excluding tert-OH is 1. The number of hydrogen-bond acceptors (Lipinski definition) is 3. The zero-order chi connectivity index (χ0) is 21.0. The lowest BCUT2D eigenvalue weighted by Crippen LogP contribution is -2.30. The van der Waals surface area contributed by atoms with E-state index < -0.39 is 17.5 Å². The average Bonchev–Trinajstić information content (AvgIpc) is 2.65. The fraction of sp³-hybridized carbons (Fsp3) is 0.200. The molecular formula is C20H19F3IN3O2. The van der Waals surface area contributed by atoms with Crippen LogP contribution in [0.15, 0.2) is 42.1 Å².